The van der Waals surface area contributed by atoms with Crippen LogP contribution in [0.5, 0.6) is 0 Å². The highest BCUT2D eigenvalue weighted by Crippen LogP contribution is 2.08. The second-order valence-electron chi connectivity index (χ2n) is 3.03. The molecule has 0 aliphatic heterocycles. The Hall–Kier alpha value is -1.35. The molecule has 0 unspecified atom stereocenters. The molecule has 4 nitrogen and oxygen atoms in total. The molecule has 5 heteroatoms. The standard InChI is InChI=1S/C7H8O3S.C4H7N/c1-6-2-4-7(5-3-6)11(8,9)10;1-2-3-4-5/h2-5H,1H3,(H,8,9,10);1H,3-5H2. The average molecular weight is 241 g/mol. The fourth-order valence-electron chi connectivity index (χ4n) is 0.794. The lowest BCUT2D eigenvalue weighted by molar-refractivity contribution is 0.483. The quantitative estimate of drug-likeness (QED) is 0.602. The summed E-state index contributed by atoms with van der Waals surface area (Å²) in [5, 5.41) is 0. The minimum atomic E-state index is -4.02. The zero-order valence-corrected chi connectivity index (χ0v) is 9.87. The Morgan fingerprint density at radius 2 is 1.88 bits per heavy atom. The van der Waals surface area contributed by atoms with Gasteiger partial charge in [0.05, 0.1) is 4.90 Å². The predicted octanol–water partition coefficient (Wildman–Crippen LogP) is 1.21. The molecule has 88 valence electrons. The van der Waals surface area contributed by atoms with Gasteiger partial charge in [0.15, 0.2) is 0 Å². The summed E-state index contributed by atoms with van der Waals surface area (Å²) in [6, 6.07) is 5.99. The third kappa shape index (κ3) is 6.19. The van der Waals surface area contributed by atoms with Crippen LogP contribution >= 0.6 is 0 Å². The Labute approximate surface area is 96.2 Å². The van der Waals surface area contributed by atoms with Crippen molar-refractivity contribution < 1.29 is 13.0 Å². The largest absolute Gasteiger partial charge is 0.330 e. The summed E-state index contributed by atoms with van der Waals surface area (Å²) in [6.07, 6.45) is 5.50. The molecule has 3 N–H and O–H groups in total. The van der Waals surface area contributed by atoms with Gasteiger partial charge in [0.1, 0.15) is 0 Å². The first-order valence-corrected chi connectivity index (χ1v) is 6.03. The summed E-state index contributed by atoms with van der Waals surface area (Å²) in [5.74, 6) is 2.39. The number of terminal acetylenes is 1. The van der Waals surface area contributed by atoms with E-state index in [-0.39, 0.29) is 4.90 Å². The van der Waals surface area contributed by atoms with Gasteiger partial charge >= 0.3 is 0 Å². The highest BCUT2D eigenvalue weighted by atomic mass is 32.2. The van der Waals surface area contributed by atoms with Gasteiger partial charge < -0.3 is 5.73 Å². The maximum atomic E-state index is 10.5. The molecule has 1 rings (SSSR count). The smallest absolute Gasteiger partial charge is 0.294 e. The molecule has 0 amide bonds. The molecule has 0 aliphatic rings. The maximum Gasteiger partial charge on any atom is 0.294 e. The van der Waals surface area contributed by atoms with E-state index < -0.39 is 10.1 Å². The molecule has 0 saturated heterocycles. The van der Waals surface area contributed by atoms with Crippen molar-refractivity contribution in [1.29, 1.82) is 0 Å². The van der Waals surface area contributed by atoms with Gasteiger partial charge in [-0.3, -0.25) is 4.55 Å². The van der Waals surface area contributed by atoms with Crippen molar-refractivity contribution in [3.63, 3.8) is 0 Å². The van der Waals surface area contributed by atoms with Crippen molar-refractivity contribution >= 4 is 10.1 Å². The van der Waals surface area contributed by atoms with E-state index in [4.69, 9.17) is 16.7 Å². The predicted molar refractivity (Wildman–Crippen MR) is 63.5 cm³/mol. The number of benzene rings is 1. The molecule has 0 radical (unpaired) electrons. The lowest BCUT2D eigenvalue weighted by Gasteiger charge is -1.95. The third-order valence-electron chi connectivity index (χ3n) is 1.61. The van der Waals surface area contributed by atoms with E-state index in [0.29, 0.717) is 13.0 Å². The number of hydrogen-bond acceptors (Lipinski definition) is 3. The van der Waals surface area contributed by atoms with Gasteiger partial charge in [-0.25, -0.2) is 0 Å². The van der Waals surface area contributed by atoms with Crippen LogP contribution in [0.15, 0.2) is 29.2 Å². The molecule has 0 heterocycles. The first kappa shape index (κ1) is 14.6. The number of aryl methyl sites for hydroxylation is 1. The molecule has 0 spiro atoms. The molecule has 0 aliphatic carbocycles. The van der Waals surface area contributed by atoms with Gasteiger partial charge in [0, 0.05) is 13.0 Å². The molecule has 1 aromatic carbocycles. The molecular weight excluding hydrogens is 226 g/mol. The first-order chi connectivity index (χ1) is 7.41. The van der Waals surface area contributed by atoms with E-state index in [9.17, 15) is 8.42 Å². The summed E-state index contributed by atoms with van der Waals surface area (Å²) < 4.78 is 29.6. The highest BCUT2D eigenvalue weighted by molar-refractivity contribution is 7.85. The number of rotatable bonds is 2. The van der Waals surface area contributed by atoms with Crippen LogP contribution in [-0.4, -0.2) is 19.5 Å². The number of hydrogen-bond donors (Lipinski definition) is 2. The lowest BCUT2D eigenvalue weighted by atomic mass is 10.2. The Kier molecular flexibility index (Phi) is 6.42. The molecule has 1 aromatic rings. The molecular formula is C11H15NO3S. The lowest BCUT2D eigenvalue weighted by Crippen LogP contribution is -1.96. The van der Waals surface area contributed by atoms with E-state index in [2.05, 4.69) is 5.92 Å². The second-order valence-corrected chi connectivity index (χ2v) is 4.45. The SMILES string of the molecule is C#CCCN.Cc1ccc(S(=O)(=O)O)cc1. The molecule has 0 aromatic heterocycles. The summed E-state index contributed by atoms with van der Waals surface area (Å²) in [5.41, 5.74) is 5.95. The average Bonchev–Trinajstić information content (AvgIpc) is 2.19. The third-order valence-corrected chi connectivity index (χ3v) is 2.48. The van der Waals surface area contributed by atoms with Crippen LogP contribution in [0.3, 0.4) is 0 Å². The van der Waals surface area contributed by atoms with Crippen molar-refractivity contribution in [3.05, 3.63) is 29.8 Å². The Bertz CT molecular complexity index is 443. The van der Waals surface area contributed by atoms with Crippen molar-refractivity contribution in [3.8, 4) is 12.3 Å². The molecule has 0 fully saturated rings. The van der Waals surface area contributed by atoms with E-state index >= 15 is 0 Å². The van der Waals surface area contributed by atoms with Crippen molar-refractivity contribution in [2.24, 2.45) is 5.73 Å². The van der Waals surface area contributed by atoms with Gasteiger partial charge in [0.25, 0.3) is 10.1 Å². The van der Waals surface area contributed by atoms with Gasteiger partial charge in [-0.1, -0.05) is 17.7 Å². The van der Waals surface area contributed by atoms with Crippen molar-refractivity contribution in [2.75, 3.05) is 6.54 Å². The van der Waals surface area contributed by atoms with E-state index in [1.807, 2.05) is 6.92 Å². The van der Waals surface area contributed by atoms with Crippen LogP contribution in [0.2, 0.25) is 0 Å². The Morgan fingerprint density at radius 3 is 2.12 bits per heavy atom. The van der Waals surface area contributed by atoms with Crippen LogP contribution < -0.4 is 5.73 Å². The maximum absolute atomic E-state index is 10.5. The number of nitrogens with two attached hydrogens (primary N) is 1. The molecule has 0 saturated carbocycles. The van der Waals surface area contributed by atoms with Crippen molar-refractivity contribution in [1.82, 2.24) is 0 Å². The van der Waals surface area contributed by atoms with E-state index in [0.717, 1.165) is 5.56 Å². The van der Waals surface area contributed by atoms with Crippen LogP contribution in [-0.2, 0) is 10.1 Å². The van der Waals surface area contributed by atoms with Gasteiger partial charge in [0.2, 0.25) is 0 Å². The zero-order valence-electron chi connectivity index (χ0n) is 9.05. The first-order valence-electron chi connectivity index (χ1n) is 4.59. The molecule has 0 bridgehead atoms. The van der Waals surface area contributed by atoms with E-state index in [1.54, 1.807) is 12.1 Å². The highest BCUT2D eigenvalue weighted by Gasteiger charge is 2.06. The molecule has 0 atom stereocenters. The van der Waals surface area contributed by atoms with E-state index in [1.165, 1.54) is 12.1 Å². The second kappa shape index (κ2) is 7.01. The Balaban J connectivity index is 0.000000385. The minimum Gasteiger partial charge on any atom is -0.330 e. The normalized spacial score (nSPS) is 9.88. The summed E-state index contributed by atoms with van der Waals surface area (Å²) in [6.45, 7) is 2.45. The van der Waals surface area contributed by atoms with Crippen LogP contribution in [0.25, 0.3) is 0 Å². The van der Waals surface area contributed by atoms with Gasteiger partial charge in [-0.2, -0.15) is 8.42 Å². The molecule has 16 heavy (non-hydrogen) atoms. The fraction of sp³-hybridized carbons (Fsp3) is 0.273. The van der Waals surface area contributed by atoms with Crippen LogP contribution in [0.4, 0.5) is 0 Å². The van der Waals surface area contributed by atoms with Gasteiger partial charge in [-0.05, 0) is 19.1 Å². The van der Waals surface area contributed by atoms with Crippen molar-refractivity contribution in [2.45, 2.75) is 18.2 Å². The zero-order chi connectivity index (χ0) is 12.6. The fourth-order valence-corrected chi connectivity index (χ4v) is 1.27. The summed E-state index contributed by atoms with van der Waals surface area (Å²) in [7, 11) is -4.02. The minimum absolute atomic E-state index is 0.0666. The monoisotopic (exact) mass is 241 g/mol. The Morgan fingerprint density at radius 1 is 1.38 bits per heavy atom. The topological polar surface area (TPSA) is 80.4 Å². The summed E-state index contributed by atoms with van der Waals surface area (Å²) in [4.78, 5) is -0.0666. The van der Waals surface area contributed by atoms with Crippen LogP contribution in [0.1, 0.15) is 12.0 Å². The summed E-state index contributed by atoms with van der Waals surface area (Å²) >= 11 is 0. The van der Waals surface area contributed by atoms with Crippen LogP contribution in [0, 0.1) is 19.3 Å². The van der Waals surface area contributed by atoms with Gasteiger partial charge in [-0.15, -0.1) is 12.3 Å².